The molecule has 1 heterocycles. The summed E-state index contributed by atoms with van der Waals surface area (Å²) in [6.07, 6.45) is 0. The molecule has 1 amide bonds. The average molecular weight is 463 g/mol. The predicted molar refractivity (Wildman–Crippen MR) is 128 cm³/mol. The van der Waals surface area contributed by atoms with Gasteiger partial charge in [0.05, 0.1) is 17.2 Å². The maximum atomic E-state index is 12.7. The second-order valence-corrected chi connectivity index (χ2v) is 7.97. The van der Waals surface area contributed by atoms with Crippen LogP contribution in [0.4, 0.5) is 5.69 Å². The molecule has 32 heavy (non-hydrogen) atoms. The van der Waals surface area contributed by atoms with Crippen LogP contribution in [-0.2, 0) is 0 Å². The Morgan fingerprint density at radius 2 is 1.72 bits per heavy atom. The molecular weight excluding hydrogens is 447 g/mol. The molecule has 0 aliphatic heterocycles. The molecule has 1 aromatic heterocycles. The second kappa shape index (κ2) is 8.19. The van der Waals surface area contributed by atoms with Gasteiger partial charge in [-0.05, 0) is 47.2 Å². The third kappa shape index (κ3) is 3.66. The van der Waals surface area contributed by atoms with Gasteiger partial charge in [0, 0.05) is 16.8 Å². The molecule has 7 heteroatoms. The minimum atomic E-state index is -0.353. The Hall–Kier alpha value is -3.54. The van der Waals surface area contributed by atoms with E-state index in [1.54, 1.807) is 18.2 Å². The van der Waals surface area contributed by atoms with Crippen molar-refractivity contribution in [3.8, 4) is 17.2 Å². The van der Waals surface area contributed by atoms with Crippen LogP contribution in [0.25, 0.3) is 33.3 Å². The molecular formula is C25H16Cl2N2O3. The Balaban J connectivity index is 1.46. The van der Waals surface area contributed by atoms with Crippen molar-refractivity contribution < 1.29 is 13.9 Å². The highest BCUT2D eigenvalue weighted by atomic mass is 35.5. The van der Waals surface area contributed by atoms with Crippen molar-refractivity contribution in [1.82, 2.24) is 4.98 Å². The van der Waals surface area contributed by atoms with E-state index in [-0.39, 0.29) is 16.0 Å². The topological polar surface area (TPSA) is 64.4 Å². The van der Waals surface area contributed by atoms with Crippen LogP contribution in [0.1, 0.15) is 10.4 Å². The highest BCUT2D eigenvalue weighted by Gasteiger charge is 2.15. The van der Waals surface area contributed by atoms with E-state index in [4.69, 9.17) is 32.4 Å². The minimum absolute atomic E-state index is 0.261. The summed E-state index contributed by atoms with van der Waals surface area (Å²) in [5.41, 5.74) is 3.06. The number of hydrogen-bond donors (Lipinski definition) is 1. The van der Waals surface area contributed by atoms with E-state index in [9.17, 15) is 4.79 Å². The van der Waals surface area contributed by atoms with Gasteiger partial charge in [0.25, 0.3) is 5.91 Å². The number of carbonyl (C=O) groups is 1. The zero-order chi connectivity index (χ0) is 22.2. The number of nitrogens with zero attached hydrogens (tertiary/aromatic N) is 1. The van der Waals surface area contributed by atoms with E-state index >= 15 is 0 Å². The Morgan fingerprint density at radius 1 is 0.969 bits per heavy atom. The van der Waals surface area contributed by atoms with Crippen molar-refractivity contribution >= 4 is 56.7 Å². The number of nitrogens with one attached hydrogen (secondary N) is 1. The zero-order valence-electron chi connectivity index (χ0n) is 16.9. The van der Waals surface area contributed by atoms with Crippen LogP contribution in [-0.4, -0.2) is 18.0 Å². The van der Waals surface area contributed by atoms with Crippen LogP contribution in [0.5, 0.6) is 5.75 Å². The van der Waals surface area contributed by atoms with Gasteiger partial charge in [-0.25, -0.2) is 4.98 Å². The van der Waals surface area contributed by atoms with Crippen molar-refractivity contribution in [3.05, 3.63) is 88.4 Å². The minimum Gasteiger partial charge on any atom is -0.494 e. The number of aromatic nitrogens is 1. The third-order valence-electron chi connectivity index (χ3n) is 5.13. The molecule has 0 bridgehead atoms. The van der Waals surface area contributed by atoms with Crippen molar-refractivity contribution in [2.45, 2.75) is 0 Å². The first-order chi connectivity index (χ1) is 15.5. The highest BCUT2D eigenvalue weighted by Crippen LogP contribution is 2.34. The first-order valence-corrected chi connectivity index (χ1v) is 10.5. The number of hydrogen-bond acceptors (Lipinski definition) is 4. The van der Waals surface area contributed by atoms with Gasteiger partial charge in [-0.3, -0.25) is 4.79 Å². The van der Waals surface area contributed by atoms with Gasteiger partial charge in [0.2, 0.25) is 5.89 Å². The molecule has 0 unspecified atom stereocenters. The molecule has 1 N–H and O–H groups in total. The molecule has 0 atom stereocenters. The van der Waals surface area contributed by atoms with Gasteiger partial charge in [0.1, 0.15) is 5.52 Å². The maximum absolute atomic E-state index is 12.7. The fraction of sp³-hybridized carbons (Fsp3) is 0.0400. The van der Waals surface area contributed by atoms with E-state index in [1.807, 2.05) is 42.5 Å². The van der Waals surface area contributed by atoms with Crippen molar-refractivity contribution in [1.29, 1.82) is 0 Å². The van der Waals surface area contributed by atoms with Crippen molar-refractivity contribution in [3.63, 3.8) is 0 Å². The molecule has 0 saturated heterocycles. The number of carbonyl (C=O) groups excluding carboxylic acids is 1. The lowest BCUT2D eigenvalue weighted by Crippen LogP contribution is -2.12. The lowest BCUT2D eigenvalue weighted by Gasteiger charge is -2.09. The van der Waals surface area contributed by atoms with Gasteiger partial charge in [-0.15, -0.1) is 0 Å². The molecule has 0 aliphatic rings. The van der Waals surface area contributed by atoms with E-state index in [0.717, 1.165) is 16.3 Å². The molecule has 5 aromatic rings. The Bertz CT molecular complexity index is 1470. The summed E-state index contributed by atoms with van der Waals surface area (Å²) in [7, 11) is 1.46. The zero-order valence-corrected chi connectivity index (χ0v) is 18.4. The lowest BCUT2D eigenvalue weighted by atomic mass is 10.0. The first-order valence-electron chi connectivity index (χ1n) is 9.76. The second-order valence-electron chi connectivity index (χ2n) is 7.16. The smallest absolute Gasteiger partial charge is 0.255 e. The summed E-state index contributed by atoms with van der Waals surface area (Å²) in [5, 5.41) is 5.53. The van der Waals surface area contributed by atoms with E-state index in [0.29, 0.717) is 34.0 Å². The number of halogens is 2. The quantitative estimate of drug-likeness (QED) is 0.306. The Kier molecular flexibility index (Phi) is 5.21. The highest BCUT2D eigenvalue weighted by molar-refractivity contribution is 6.37. The Labute approximate surface area is 193 Å². The largest absolute Gasteiger partial charge is 0.494 e. The molecule has 0 saturated carbocycles. The van der Waals surface area contributed by atoms with Gasteiger partial charge in [0.15, 0.2) is 11.3 Å². The molecule has 5 nitrogen and oxygen atoms in total. The number of methoxy groups -OCH3 is 1. The molecule has 5 rings (SSSR count). The maximum Gasteiger partial charge on any atom is 0.255 e. The fourth-order valence-electron chi connectivity index (χ4n) is 3.62. The first kappa shape index (κ1) is 20.4. The normalized spacial score (nSPS) is 11.1. The molecule has 0 fully saturated rings. The van der Waals surface area contributed by atoms with Gasteiger partial charge >= 0.3 is 0 Å². The summed E-state index contributed by atoms with van der Waals surface area (Å²) in [4.78, 5) is 17.4. The lowest BCUT2D eigenvalue weighted by molar-refractivity contribution is 0.102. The number of anilines is 1. The van der Waals surface area contributed by atoms with E-state index < -0.39 is 0 Å². The number of amides is 1. The van der Waals surface area contributed by atoms with Crippen LogP contribution in [0, 0.1) is 0 Å². The number of benzene rings is 4. The summed E-state index contributed by atoms with van der Waals surface area (Å²) in [5.74, 6) is 0.498. The molecule has 0 aliphatic carbocycles. The van der Waals surface area contributed by atoms with Gasteiger partial charge in [-0.1, -0.05) is 59.6 Å². The molecule has 158 valence electrons. The number of oxazole rings is 1. The van der Waals surface area contributed by atoms with Crippen LogP contribution < -0.4 is 10.1 Å². The van der Waals surface area contributed by atoms with Gasteiger partial charge in [-0.2, -0.15) is 0 Å². The van der Waals surface area contributed by atoms with Gasteiger partial charge < -0.3 is 14.5 Å². The monoisotopic (exact) mass is 462 g/mol. The van der Waals surface area contributed by atoms with Crippen molar-refractivity contribution in [2.75, 3.05) is 12.4 Å². The van der Waals surface area contributed by atoms with Crippen LogP contribution in [0.2, 0.25) is 10.0 Å². The molecule has 0 spiro atoms. The predicted octanol–water partition coefficient (Wildman–Crippen LogP) is 7.22. The standard InChI is InChI=1S/C25H16Cl2N2O3/c1-31-23-19(26)11-15(12-20(23)27)24(30)28-16-9-10-22-21(13-16)29-25(32-22)18-8-4-6-14-5-2-3-7-17(14)18/h2-13H,1H3,(H,28,30). The Morgan fingerprint density at radius 3 is 2.50 bits per heavy atom. The number of ether oxygens (including phenoxy) is 1. The summed E-state index contributed by atoms with van der Waals surface area (Å²) >= 11 is 12.3. The summed E-state index contributed by atoms with van der Waals surface area (Å²) in [6.45, 7) is 0. The number of rotatable bonds is 4. The van der Waals surface area contributed by atoms with Crippen LogP contribution in [0.3, 0.4) is 0 Å². The average Bonchev–Trinajstić information content (AvgIpc) is 3.21. The van der Waals surface area contributed by atoms with Crippen LogP contribution >= 0.6 is 23.2 Å². The fourth-order valence-corrected chi connectivity index (χ4v) is 4.26. The summed E-state index contributed by atoms with van der Waals surface area (Å²) < 4.78 is 11.1. The molecule has 4 aromatic carbocycles. The number of fused-ring (bicyclic) bond motifs is 2. The SMILES string of the molecule is COc1c(Cl)cc(C(=O)Nc2ccc3oc(-c4cccc5ccccc45)nc3c2)cc1Cl. The van der Waals surface area contributed by atoms with E-state index in [2.05, 4.69) is 10.3 Å². The summed E-state index contributed by atoms with van der Waals surface area (Å²) in [6, 6.07) is 22.4. The third-order valence-corrected chi connectivity index (χ3v) is 5.69. The van der Waals surface area contributed by atoms with Crippen molar-refractivity contribution in [2.24, 2.45) is 0 Å². The molecule has 0 radical (unpaired) electrons. The van der Waals surface area contributed by atoms with Crippen LogP contribution in [0.15, 0.2) is 77.2 Å². The van der Waals surface area contributed by atoms with E-state index in [1.165, 1.54) is 19.2 Å².